The highest BCUT2D eigenvalue weighted by Gasteiger charge is 2.38. The summed E-state index contributed by atoms with van der Waals surface area (Å²) in [7, 11) is 1.42. The quantitative estimate of drug-likeness (QED) is 0.419. The van der Waals surface area contributed by atoms with Crippen LogP contribution in [0.15, 0.2) is 59.8 Å². The predicted molar refractivity (Wildman–Crippen MR) is 115 cm³/mol. The first-order valence-electron chi connectivity index (χ1n) is 9.96. The molecule has 31 heavy (non-hydrogen) atoms. The summed E-state index contributed by atoms with van der Waals surface area (Å²) in [6, 6.07) is 16.4. The first-order chi connectivity index (χ1) is 15.0. The summed E-state index contributed by atoms with van der Waals surface area (Å²) in [5.74, 6) is -1.01. The molecule has 3 rings (SSSR count). The van der Waals surface area contributed by atoms with E-state index in [0.29, 0.717) is 11.3 Å². The number of carbonyl (C=O) groups excluding carboxylic acids is 3. The Morgan fingerprint density at radius 3 is 2.39 bits per heavy atom. The third-order valence-electron chi connectivity index (χ3n) is 4.89. The Balaban J connectivity index is 1.72. The molecule has 1 aliphatic rings. The number of hydrogen-bond donors (Lipinski definition) is 1. The highest BCUT2D eigenvalue weighted by Crippen LogP contribution is 2.23. The number of oxime groups is 1. The van der Waals surface area contributed by atoms with Crippen molar-refractivity contribution in [1.82, 2.24) is 10.2 Å². The molecule has 8 heteroatoms. The lowest BCUT2D eigenvalue weighted by atomic mass is 10.0. The molecule has 1 saturated heterocycles. The molecular formula is C23H25N3O5. The van der Waals surface area contributed by atoms with Gasteiger partial charge in [-0.2, -0.15) is 0 Å². The number of nitrogens with zero attached hydrogens (tertiary/aromatic N) is 2. The number of likely N-dealkylation sites (tertiary alicyclic amines) is 1. The molecular weight excluding hydrogens is 398 g/mol. The maximum atomic E-state index is 13.2. The van der Waals surface area contributed by atoms with Gasteiger partial charge < -0.3 is 19.8 Å². The maximum Gasteiger partial charge on any atom is 0.302 e. The molecule has 1 fully saturated rings. The fourth-order valence-electron chi connectivity index (χ4n) is 3.44. The Hall–Kier alpha value is -3.68. The smallest absolute Gasteiger partial charge is 0.302 e. The van der Waals surface area contributed by atoms with Gasteiger partial charge in [0, 0.05) is 18.9 Å². The molecule has 0 spiro atoms. The second kappa shape index (κ2) is 10.4. The van der Waals surface area contributed by atoms with Crippen LogP contribution in [0.2, 0.25) is 0 Å². The van der Waals surface area contributed by atoms with E-state index < -0.39 is 12.0 Å². The summed E-state index contributed by atoms with van der Waals surface area (Å²) < 4.78 is 4.83. The van der Waals surface area contributed by atoms with E-state index in [9.17, 15) is 14.4 Å². The van der Waals surface area contributed by atoms with Gasteiger partial charge in [-0.1, -0.05) is 47.6 Å². The van der Waals surface area contributed by atoms with E-state index in [1.807, 2.05) is 42.5 Å². The Bertz CT molecular complexity index is 957. The highest BCUT2D eigenvalue weighted by atomic mass is 16.6. The normalized spacial score (nSPS) is 16.8. The minimum absolute atomic E-state index is 0.0711. The number of nitrogens with one attached hydrogen (secondary N) is 1. The van der Waals surface area contributed by atoms with E-state index in [1.165, 1.54) is 18.9 Å². The van der Waals surface area contributed by atoms with Gasteiger partial charge in [-0.3, -0.25) is 14.4 Å². The van der Waals surface area contributed by atoms with E-state index in [0.717, 1.165) is 11.1 Å². The number of carbonyl (C=O) groups is 3. The van der Waals surface area contributed by atoms with Crippen LogP contribution in [-0.4, -0.2) is 61.2 Å². The minimum Gasteiger partial charge on any atom is -0.464 e. The summed E-state index contributed by atoms with van der Waals surface area (Å²) in [5.41, 5.74) is 3.15. The number of benzene rings is 2. The fourth-order valence-corrected chi connectivity index (χ4v) is 3.44. The van der Waals surface area contributed by atoms with Gasteiger partial charge in [0.1, 0.15) is 19.8 Å². The predicted octanol–water partition coefficient (Wildman–Crippen LogP) is 2.25. The monoisotopic (exact) mass is 423 g/mol. The molecule has 0 bridgehead atoms. The van der Waals surface area contributed by atoms with Crippen LogP contribution in [0.3, 0.4) is 0 Å². The number of amides is 2. The molecule has 162 valence electrons. The second-order valence-corrected chi connectivity index (χ2v) is 7.07. The van der Waals surface area contributed by atoms with Crippen molar-refractivity contribution >= 4 is 23.5 Å². The molecule has 2 amide bonds. The fraction of sp³-hybridized carbons (Fsp3) is 0.304. The van der Waals surface area contributed by atoms with Crippen molar-refractivity contribution in [2.75, 3.05) is 26.8 Å². The second-order valence-electron chi connectivity index (χ2n) is 7.07. The molecule has 2 aromatic rings. The molecule has 0 saturated carbocycles. The van der Waals surface area contributed by atoms with Gasteiger partial charge in [-0.25, -0.2) is 0 Å². The third kappa shape index (κ3) is 5.69. The van der Waals surface area contributed by atoms with E-state index in [-0.39, 0.29) is 37.9 Å². The molecule has 1 atom stereocenters. The average molecular weight is 423 g/mol. The van der Waals surface area contributed by atoms with Crippen molar-refractivity contribution in [2.24, 2.45) is 5.16 Å². The summed E-state index contributed by atoms with van der Waals surface area (Å²) >= 11 is 0. The van der Waals surface area contributed by atoms with Crippen molar-refractivity contribution in [3.05, 3.63) is 60.2 Å². The molecule has 0 unspecified atom stereocenters. The highest BCUT2D eigenvalue weighted by molar-refractivity contribution is 6.05. The minimum atomic E-state index is -0.715. The average Bonchev–Trinajstić information content (AvgIpc) is 3.21. The van der Waals surface area contributed by atoms with Crippen LogP contribution in [0, 0.1) is 0 Å². The molecule has 1 aliphatic heterocycles. The van der Waals surface area contributed by atoms with Crippen molar-refractivity contribution in [2.45, 2.75) is 19.4 Å². The maximum absolute atomic E-state index is 13.2. The van der Waals surface area contributed by atoms with Gasteiger partial charge in [0.25, 0.3) is 5.91 Å². The van der Waals surface area contributed by atoms with Crippen LogP contribution in [-0.2, 0) is 19.2 Å². The summed E-state index contributed by atoms with van der Waals surface area (Å²) in [6.45, 7) is 1.74. The van der Waals surface area contributed by atoms with Crippen molar-refractivity contribution in [3.8, 4) is 11.1 Å². The summed E-state index contributed by atoms with van der Waals surface area (Å²) in [4.78, 5) is 43.0. The molecule has 0 aromatic heterocycles. The van der Waals surface area contributed by atoms with Crippen molar-refractivity contribution in [1.29, 1.82) is 0 Å². The molecule has 0 radical (unpaired) electrons. The zero-order valence-electron chi connectivity index (χ0n) is 17.5. The van der Waals surface area contributed by atoms with E-state index in [2.05, 4.69) is 10.5 Å². The Labute approximate surface area is 180 Å². The lowest BCUT2D eigenvalue weighted by Gasteiger charge is -2.23. The van der Waals surface area contributed by atoms with Gasteiger partial charge in [0.15, 0.2) is 0 Å². The van der Waals surface area contributed by atoms with Crippen molar-refractivity contribution < 1.29 is 24.0 Å². The Kier molecular flexibility index (Phi) is 7.37. The van der Waals surface area contributed by atoms with Crippen LogP contribution in [0.25, 0.3) is 11.1 Å². The summed E-state index contributed by atoms with van der Waals surface area (Å²) in [5, 5.41) is 6.63. The van der Waals surface area contributed by atoms with Gasteiger partial charge in [0.05, 0.1) is 18.8 Å². The molecule has 8 nitrogen and oxygen atoms in total. The zero-order valence-corrected chi connectivity index (χ0v) is 17.5. The summed E-state index contributed by atoms with van der Waals surface area (Å²) in [6.07, 6.45) is 0.279. The molecule has 0 aliphatic carbocycles. The van der Waals surface area contributed by atoms with Crippen LogP contribution < -0.4 is 5.32 Å². The van der Waals surface area contributed by atoms with Gasteiger partial charge in [-0.05, 0) is 23.3 Å². The number of rotatable bonds is 7. The first-order valence-corrected chi connectivity index (χ1v) is 9.96. The first kappa shape index (κ1) is 22.0. The molecule has 1 heterocycles. The van der Waals surface area contributed by atoms with Gasteiger partial charge >= 0.3 is 5.97 Å². The standard InChI is InChI=1S/C23H25N3O5/c1-16(27)31-13-12-24-22(28)21-14-20(25-30-2)15-26(21)23(29)19-10-8-18(9-11-19)17-6-4-3-5-7-17/h3-11,21H,12-15H2,1-2H3,(H,24,28)/t21-/m0/s1. The topological polar surface area (TPSA) is 97.3 Å². The van der Waals surface area contributed by atoms with Crippen LogP contribution in [0.1, 0.15) is 23.7 Å². The van der Waals surface area contributed by atoms with E-state index >= 15 is 0 Å². The van der Waals surface area contributed by atoms with Crippen molar-refractivity contribution in [3.63, 3.8) is 0 Å². The molecule has 1 N–H and O–H groups in total. The van der Waals surface area contributed by atoms with Crippen LogP contribution in [0.5, 0.6) is 0 Å². The lowest BCUT2D eigenvalue weighted by Crippen LogP contribution is -2.46. The number of hydrogen-bond acceptors (Lipinski definition) is 6. The third-order valence-corrected chi connectivity index (χ3v) is 4.89. The largest absolute Gasteiger partial charge is 0.464 e. The van der Waals surface area contributed by atoms with E-state index in [4.69, 9.17) is 9.57 Å². The van der Waals surface area contributed by atoms with Gasteiger partial charge in [-0.15, -0.1) is 0 Å². The number of ether oxygens (including phenoxy) is 1. The van der Waals surface area contributed by atoms with Crippen LogP contribution >= 0.6 is 0 Å². The van der Waals surface area contributed by atoms with Gasteiger partial charge in [0.2, 0.25) is 5.91 Å². The Morgan fingerprint density at radius 2 is 1.74 bits per heavy atom. The SMILES string of the molecule is CON=C1C[C@@H](C(=O)NCCOC(C)=O)N(C(=O)c2ccc(-c3ccccc3)cc2)C1. The zero-order chi connectivity index (χ0) is 22.2. The van der Waals surface area contributed by atoms with Crippen LogP contribution in [0.4, 0.5) is 0 Å². The lowest BCUT2D eigenvalue weighted by molar-refractivity contribution is -0.141. The molecule has 2 aromatic carbocycles. The Morgan fingerprint density at radius 1 is 1.06 bits per heavy atom. The van der Waals surface area contributed by atoms with E-state index in [1.54, 1.807) is 12.1 Å². The number of esters is 1.